The normalized spacial score (nSPS) is 15.3. The molecule has 3 amide bonds. The Hall–Kier alpha value is -2.25. The van der Waals surface area contributed by atoms with E-state index in [1.54, 1.807) is 7.11 Å². The number of Topliss-reactive ketones (excluding diaryl/α,β-unsaturated/α-hetero) is 1. The number of imide groups is 1. The first-order valence-corrected chi connectivity index (χ1v) is 10.3. The van der Waals surface area contributed by atoms with Crippen molar-refractivity contribution in [1.82, 2.24) is 15.5 Å². The zero-order valence-corrected chi connectivity index (χ0v) is 17.7. The summed E-state index contributed by atoms with van der Waals surface area (Å²) in [4.78, 5) is 38.3. The summed E-state index contributed by atoms with van der Waals surface area (Å²) in [7, 11) is 1.54. The van der Waals surface area contributed by atoms with Gasteiger partial charge in [-0.25, -0.2) is 4.79 Å². The molecule has 0 atom stereocenters. The average Bonchev–Trinajstić information content (AvgIpc) is 2.68. The highest BCUT2D eigenvalue weighted by Crippen LogP contribution is 2.22. The van der Waals surface area contributed by atoms with Crippen LogP contribution in [0.4, 0.5) is 4.79 Å². The Labute approximate surface area is 173 Å². The average molecular weight is 404 g/mol. The molecule has 29 heavy (non-hydrogen) atoms. The third-order valence-corrected chi connectivity index (χ3v) is 5.05. The van der Waals surface area contributed by atoms with Crippen molar-refractivity contribution in [1.29, 1.82) is 0 Å². The standard InChI is InChI=1S/C22H33N3O4/c1-16(2)14-17-4-6-18(7-5-17)21(27)19-8-11-25(12-9-19)15-20(26)24-22(28)23-10-13-29-3/h4-7,16,19H,8-15H2,1-3H3,(H2,23,24,26,28). The first-order chi connectivity index (χ1) is 13.9. The van der Waals surface area contributed by atoms with Gasteiger partial charge in [0.1, 0.15) is 0 Å². The molecule has 1 aromatic rings. The van der Waals surface area contributed by atoms with Crippen LogP contribution in [0, 0.1) is 11.8 Å². The van der Waals surface area contributed by atoms with Gasteiger partial charge in [-0.1, -0.05) is 38.1 Å². The lowest BCUT2D eigenvalue weighted by Gasteiger charge is -2.30. The number of rotatable bonds is 9. The van der Waals surface area contributed by atoms with E-state index in [1.165, 1.54) is 5.56 Å². The van der Waals surface area contributed by atoms with E-state index in [0.717, 1.165) is 24.8 Å². The van der Waals surface area contributed by atoms with Crippen LogP contribution in [0.3, 0.4) is 0 Å². The van der Waals surface area contributed by atoms with Gasteiger partial charge >= 0.3 is 6.03 Å². The van der Waals surface area contributed by atoms with Crippen molar-refractivity contribution in [3.8, 4) is 0 Å². The molecule has 0 aromatic heterocycles. The number of benzene rings is 1. The van der Waals surface area contributed by atoms with Crippen LogP contribution in [0.1, 0.15) is 42.6 Å². The first kappa shape index (κ1) is 23.0. The van der Waals surface area contributed by atoms with Gasteiger partial charge in [-0.05, 0) is 43.8 Å². The SMILES string of the molecule is COCCNC(=O)NC(=O)CN1CCC(C(=O)c2ccc(CC(C)C)cc2)CC1. The molecule has 1 fully saturated rings. The predicted molar refractivity (Wildman–Crippen MR) is 112 cm³/mol. The van der Waals surface area contributed by atoms with E-state index in [2.05, 4.69) is 24.5 Å². The number of nitrogens with zero attached hydrogens (tertiary/aromatic N) is 1. The summed E-state index contributed by atoms with van der Waals surface area (Å²) >= 11 is 0. The van der Waals surface area contributed by atoms with E-state index in [0.29, 0.717) is 32.2 Å². The van der Waals surface area contributed by atoms with Crippen LogP contribution in [0.25, 0.3) is 0 Å². The van der Waals surface area contributed by atoms with Crippen molar-refractivity contribution in [3.63, 3.8) is 0 Å². The fourth-order valence-corrected chi connectivity index (χ4v) is 3.55. The topological polar surface area (TPSA) is 87.7 Å². The fraction of sp³-hybridized carbons (Fsp3) is 0.591. The van der Waals surface area contributed by atoms with Crippen LogP contribution in [0.5, 0.6) is 0 Å². The number of hydrogen-bond donors (Lipinski definition) is 2. The minimum Gasteiger partial charge on any atom is -0.383 e. The minimum absolute atomic E-state index is 0.0115. The Morgan fingerprint density at radius 1 is 1.14 bits per heavy atom. The number of hydrogen-bond acceptors (Lipinski definition) is 5. The molecule has 0 bridgehead atoms. The maximum atomic E-state index is 12.8. The molecule has 1 aliphatic heterocycles. The number of carbonyl (C=O) groups is 3. The number of methoxy groups -OCH3 is 1. The second-order valence-electron chi connectivity index (χ2n) is 8.01. The zero-order valence-electron chi connectivity index (χ0n) is 17.7. The smallest absolute Gasteiger partial charge is 0.321 e. The van der Waals surface area contributed by atoms with Gasteiger partial charge in [-0.3, -0.25) is 19.8 Å². The maximum Gasteiger partial charge on any atom is 0.321 e. The van der Waals surface area contributed by atoms with E-state index in [4.69, 9.17) is 4.74 Å². The number of ketones is 1. The van der Waals surface area contributed by atoms with Crippen LogP contribution in [0.2, 0.25) is 0 Å². The highest BCUT2D eigenvalue weighted by atomic mass is 16.5. The van der Waals surface area contributed by atoms with Crippen LogP contribution in [0.15, 0.2) is 24.3 Å². The molecule has 1 aliphatic rings. The Balaban J connectivity index is 1.74. The highest BCUT2D eigenvalue weighted by Gasteiger charge is 2.26. The lowest BCUT2D eigenvalue weighted by Crippen LogP contribution is -2.47. The number of amides is 3. The molecule has 1 saturated heterocycles. The Morgan fingerprint density at radius 2 is 1.79 bits per heavy atom. The monoisotopic (exact) mass is 403 g/mol. The molecule has 0 radical (unpaired) electrons. The van der Waals surface area contributed by atoms with Gasteiger partial charge in [0.25, 0.3) is 0 Å². The molecule has 0 spiro atoms. The molecule has 2 rings (SSSR count). The number of urea groups is 1. The summed E-state index contributed by atoms with van der Waals surface area (Å²) < 4.78 is 4.84. The third-order valence-electron chi connectivity index (χ3n) is 5.05. The largest absolute Gasteiger partial charge is 0.383 e. The van der Waals surface area contributed by atoms with Crippen molar-refractivity contribution in [2.24, 2.45) is 11.8 Å². The quantitative estimate of drug-likeness (QED) is 0.488. The Kier molecular flexibility index (Phi) is 9.28. The summed E-state index contributed by atoms with van der Waals surface area (Å²) in [5.41, 5.74) is 2.02. The van der Waals surface area contributed by atoms with E-state index in [1.807, 2.05) is 29.2 Å². The van der Waals surface area contributed by atoms with Crippen LogP contribution in [-0.4, -0.2) is 62.5 Å². The van der Waals surface area contributed by atoms with Gasteiger partial charge in [0, 0.05) is 25.1 Å². The van der Waals surface area contributed by atoms with Gasteiger partial charge < -0.3 is 10.1 Å². The van der Waals surface area contributed by atoms with E-state index in [9.17, 15) is 14.4 Å². The maximum absolute atomic E-state index is 12.8. The summed E-state index contributed by atoms with van der Waals surface area (Å²) in [5, 5.41) is 4.86. The van der Waals surface area contributed by atoms with Gasteiger partial charge in [-0.2, -0.15) is 0 Å². The van der Waals surface area contributed by atoms with Crippen molar-refractivity contribution >= 4 is 17.7 Å². The van der Waals surface area contributed by atoms with Gasteiger partial charge in [-0.15, -0.1) is 0 Å². The highest BCUT2D eigenvalue weighted by molar-refractivity contribution is 5.98. The van der Waals surface area contributed by atoms with Crippen LogP contribution < -0.4 is 10.6 Å². The predicted octanol–water partition coefficient (Wildman–Crippen LogP) is 2.25. The van der Waals surface area contributed by atoms with Crippen molar-refractivity contribution in [3.05, 3.63) is 35.4 Å². The second-order valence-corrected chi connectivity index (χ2v) is 8.01. The number of ether oxygens (including phenoxy) is 1. The fourth-order valence-electron chi connectivity index (χ4n) is 3.55. The van der Waals surface area contributed by atoms with Gasteiger partial charge in [0.15, 0.2) is 5.78 Å². The van der Waals surface area contributed by atoms with E-state index >= 15 is 0 Å². The molecule has 0 saturated carbocycles. The number of carbonyl (C=O) groups excluding carboxylic acids is 3. The van der Waals surface area contributed by atoms with Crippen LogP contribution >= 0.6 is 0 Å². The molecule has 1 heterocycles. The summed E-state index contributed by atoms with van der Waals surface area (Å²) in [5.74, 6) is 0.422. The molecule has 0 aliphatic carbocycles. The van der Waals surface area contributed by atoms with Gasteiger partial charge in [0.2, 0.25) is 5.91 Å². The molecule has 0 unspecified atom stereocenters. The molecule has 7 heteroatoms. The van der Waals surface area contributed by atoms with E-state index < -0.39 is 6.03 Å². The summed E-state index contributed by atoms with van der Waals surface area (Å²) in [6, 6.07) is 7.44. The Bertz CT molecular complexity index is 680. The van der Waals surface area contributed by atoms with E-state index in [-0.39, 0.29) is 24.2 Å². The molecule has 160 valence electrons. The van der Waals surface area contributed by atoms with Crippen molar-refractivity contribution < 1.29 is 19.1 Å². The number of piperidine rings is 1. The number of nitrogens with one attached hydrogen (secondary N) is 2. The third kappa shape index (κ3) is 7.95. The lowest BCUT2D eigenvalue weighted by atomic mass is 9.88. The number of likely N-dealkylation sites (tertiary alicyclic amines) is 1. The van der Waals surface area contributed by atoms with Crippen molar-refractivity contribution in [2.45, 2.75) is 33.1 Å². The molecular formula is C22H33N3O4. The first-order valence-electron chi connectivity index (χ1n) is 10.3. The zero-order chi connectivity index (χ0) is 21.2. The Morgan fingerprint density at radius 3 is 2.38 bits per heavy atom. The molecule has 2 N–H and O–H groups in total. The lowest BCUT2D eigenvalue weighted by molar-refractivity contribution is -0.121. The molecular weight excluding hydrogens is 370 g/mol. The van der Waals surface area contributed by atoms with Crippen LogP contribution in [-0.2, 0) is 16.0 Å². The summed E-state index contributed by atoms with van der Waals surface area (Å²) in [6.07, 6.45) is 2.46. The molecule has 1 aromatic carbocycles. The molecule has 7 nitrogen and oxygen atoms in total. The summed E-state index contributed by atoms with van der Waals surface area (Å²) in [6.45, 7) is 6.59. The van der Waals surface area contributed by atoms with Gasteiger partial charge in [0.05, 0.1) is 13.2 Å². The van der Waals surface area contributed by atoms with Crippen molar-refractivity contribution in [2.75, 3.05) is 39.9 Å². The second kappa shape index (κ2) is 11.7. The minimum atomic E-state index is -0.516.